The van der Waals surface area contributed by atoms with Gasteiger partial charge in [-0.15, -0.1) is 0 Å². The van der Waals surface area contributed by atoms with Crippen LogP contribution in [0.4, 0.5) is 8.78 Å². The highest BCUT2D eigenvalue weighted by atomic mass is 35.5. The van der Waals surface area contributed by atoms with Crippen LogP contribution in [0.15, 0.2) is 24.3 Å². The van der Waals surface area contributed by atoms with Crippen LogP contribution in [-0.4, -0.2) is 26.6 Å². The number of benzene rings is 1. The molecule has 0 N–H and O–H groups in total. The van der Waals surface area contributed by atoms with Gasteiger partial charge in [0.15, 0.2) is 0 Å². The van der Waals surface area contributed by atoms with Crippen molar-refractivity contribution < 1.29 is 13.6 Å². The normalized spacial score (nSPS) is 20.7. The summed E-state index contributed by atoms with van der Waals surface area (Å²) in [5.74, 6) is -0.476. The molecule has 2 heterocycles. The predicted octanol–water partition coefficient (Wildman–Crippen LogP) is 5.08. The summed E-state index contributed by atoms with van der Waals surface area (Å²) >= 11 is 6.15. The SMILES string of the molecule is Cc1ccc(C2CCCC(C)N2C(=O)c2c(C(F)F)nn(C)c2Cl)cc1. The summed E-state index contributed by atoms with van der Waals surface area (Å²) in [5.41, 5.74) is 1.40. The lowest BCUT2D eigenvalue weighted by Gasteiger charge is -2.41. The minimum atomic E-state index is -2.86. The standard InChI is InChI=1S/C19H22ClF2N3O/c1-11-7-9-13(10-8-11)14-6-4-5-12(2)25(14)19(26)15-16(18(21)22)23-24(3)17(15)20/h7-10,12,14,18H,4-6H2,1-3H3. The third-order valence-corrected chi connectivity index (χ3v) is 5.47. The van der Waals surface area contributed by atoms with Gasteiger partial charge in [-0.2, -0.15) is 5.10 Å². The molecule has 140 valence electrons. The van der Waals surface area contributed by atoms with Gasteiger partial charge in [0, 0.05) is 13.1 Å². The molecule has 1 saturated heterocycles. The Morgan fingerprint density at radius 2 is 1.92 bits per heavy atom. The van der Waals surface area contributed by atoms with E-state index in [0.717, 1.165) is 35.1 Å². The van der Waals surface area contributed by atoms with E-state index in [-0.39, 0.29) is 22.8 Å². The van der Waals surface area contributed by atoms with Crippen LogP contribution < -0.4 is 0 Å². The van der Waals surface area contributed by atoms with Gasteiger partial charge < -0.3 is 4.90 Å². The molecule has 2 unspecified atom stereocenters. The first-order chi connectivity index (χ1) is 12.3. The lowest BCUT2D eigenvalue weighted by Crippen LogP contribution is -2.44. The highest BCUT2D eigenvalue weighted by molar-refractivity contribution is 6.33. The first kappa shape index (κ1) is 18.8. The lowest BCUT2D eigenvalue weighted by atomic mass is 9.90. The quantitative estimate of drug-likeness (QED) is 0.744. The highest BCUT2D eigenvalue weighted by Gasteiger charge is 2.37. The predicted molar refractivity (Wildman–Crippen MR) is 96.6 cm³/mol. The molecule has 1 aliphatic heterocycles. The lowest BCUT2D eigenvalue weighted by molar-refractivity contribution is 0.0467. The summed E-state index contributed by atoms with van der Waals surface area (Å²) in [7, 11) is 1.46. The highest BCUT2D eigenvalue weighted by Crippen LogP contribution is 2.38. The average Bonchev–Trinajstić information content (AvgIpc) is 2.90. The van der Waals surface area contributed by atoms with Crippen LogP contribution in [0.1, 0.15) is 65.8 Å². The van der Waals surface area contributed by atoms with E-state index in [9.17, 15) is 13.6 Å². The summed E-state index contributed by atoms with van der Waals surface area (Å²) in [6.07, 6.45) is -0.256. The number of piperidine rings is 1. The molecule has 2 aromatic rings. The number of carbonyl (C=O) groups is 1. The van der Waals surface area contributed by atoms with Gasteiger partial charge in [-0.25, -0.2) is 8.78 Å². The molecule has 0 aliphatic carbocycles. The molecule has 1 amide bonds. The van der Waals surface area contributed by atoms with E-state index in [0.29, 0.717) is 0 Å². The molecule has 0 saturated carbocycles. The number of halogens is 3. The maximum absolute atomic E-state index is 13.4. The molecule has 3 rings (SSSR count). The van der Waals surface area contributed by atoms with Gasteiger partial charge in [-0.1, -0.05) is 41.4 Å². The van der Waals surface area contributed by atoms with E-state index in [4.69, 9.17) is 11.6 Å². The molecule has 0 radical (unpaired) electrons. The number of nitrogens with zero attached hydrogens (tertiary/aromatic N) is 3. The first-order valence-electron chi connectivity index (χ1n) is 8.71. The Morgan fingerprint density at radius 3 is 2.54 bits per heavy atom. The Morgan fingerprint density at radius 1 is 1.27 bits per heavy atom. The van der Waals surface area contributed by atoms with Gasteiger partial charge in [0.1, 0.15) is 16.4 Å². The second kappa shape index (κ2) is 7.35. The zero-order valence-electron chi connectivity index (χ0n) is 15.0. The van der Waals surface area contributed by atoms with Crippen LogP contribution in [0.2, 0.25) is 5.15 Å². The summed E-state index contributed by atoms with van der Waals surface area (Å²) in [6, 6.07) is 7.77. The summed E-state index contributed by atoms with van der Waals surface area (Å²) in [4.78, 5) is 15.0. The number of likely N-dealkylation sites (tertiary alicyclic amines) is 1. The Bertz CT molecular complexity index is 804. The molecule has 26 heavy (non-hydrogen) atoms. The number of aromatic nitrogens is 2. The smallest absolute Gasteiger partial charge is 0.283 e. The third kappa shape index (κ3) is 3.34. The van der Waals surface area contributed by atoms with E-state index in [2.05, 4.69) is 5.10 Å². The van der Waals surface area contributed by atoms with Gasteiger partial charge in [0.05, 0.1) is 6.04 Å². The van der Waals surface area contributed by atoms with E-state index < -0.39 is 18.0 Å². The fourth-order valence-electron chi connectivity index (χ4n) is 3.65. The summed E-state index contributed by atoms with van der Waals surface area (Å²) in [5, 5.41) is 3.70. The van der Waals surface area contributed by atoms with Crippen molar-refractivity contribution in [3.63, 3.8) is 0 Å². The van der Waals surface area contributed by atoms with Crippen molar-refractivity contribution in [2.75, 3.05) is 0 Å². The van der Waals surface area contributed by atoms with Crippen LogP contribution in [0.5, 0.6) is 0 Å². The van der Waals surface area contributed by atoms with Crippen molar-refractivity contribution in [1.82, 2.24) is 14.7 Å². The fraction of sp³-hybridized carbons (Fsp3) is 0.474. The average molecular weight is 382 g/mol. The van der Waals surface area contributed by atoms with E-state index in [1.165, 1.54) is 7.05 Å². The second-order valence-electron chi connectivity index (χ2n) is 6.89. The monoisotopic (exact) mass is 381 g/mol. The molecule has 1 aromatic carbocycles. The fourth-order valence-corrected chi connectivity index (χ4v) is 3.87. The number of alkyl halides is 2. The van der Waals surface area contributed by atoms with Gasteiger partial charge >= 0.3 is 0 Å². The van der Waals surface area contributed by atoms with Crippen LogP contribution in [0.3, 0.4) is 0 Å². The number of hydrogen-bond acceptors (Lipinski definition) is 2. The maximum Gasteiger partial charge on any atom is 0.283 e. The zero-order chi connectivity index (χ0) is 19.0. The molecular weight excluding hydrogens is 360 g/mol. The van der Waals surface area contributed by atoms with E-state index in [1.807, 2.05) is 38.1 Å². The number of amides is 1. The Kier molecular flexibility index (Phi) is 5.32. The van der Waals surface area contributed by atoms with Crippen LogP contribution in [-0.2, 0) is 7.05 Å². The largest absolute Gasteiger partial charge is 0.329 e. The number of carbonyl (C=O) groups excluding carboxylic acids is 1. The van der Waals surface area contributed by atoms with Gasteiger partial charge in [-0.05, 0) is 38.7 Å². The second-order valence-corrected chi connectivity index (χ2v) is 7.25. The summed E-state index contributed by atoms with van der Waals surface area (Å²) < 4.78 is 27.9. The molecular formula is C19H22ClF2N3O. The Balaban J connectivity index is 2.04. The summed E-state index contributed by atoms with van der Waals surface area (Å²) in [6.45, 7) is 3.95. The number of aryl methyl sites for hydroxylation is 2. The first-order valence-corrected chi connectivity index (χ1v) is 9.08. The van der Waals surface area contributed by atoms with Crippen molar-refractivity contribution in [3.05, 3.63) is 51.8 Å². The van der Waals surface area contributed by atoms with Crippen LogP contribution in [0, 0.1) is 6.92 Å². The van der Waals surface area contributed by atoms with Gasteiger partial charge in [0.2, 0.25) is 0 Å². The van der Waals surface area contributed by atoms with Crippen molar-refractivity contribution in [2.45, 2.75) is 51.6 Å². The van der Waals surface area contributed by atoms with Crippen molar-refractivity contribution in [3.8, 4) is 0 Å². The Labute approximate surface area is 156 Å². The van der Waals surface area contributed by atoms with E-state index >= 15 is 0 Å². The third-order valence-electron chi connectivity index (χ3n) is 5.03. The maximum atomic E-state index is 13.4. The number of hydrogen-bond donors (Lipinski definition) is 0. The van der Waals surface area contributed by atoms with Crippen molar-refractivity contribution in [2.24, 2.45) is 7.05 Å². The van der Waals surface area contributed by atoms with Crippen LogP contribution in [0.25, 0.3) is 0 Å². The number of rotatable bonds is 3. The molecule has 0 bridgehead atoms. The Hall–Kier alpha value is -1.95. The molecule has 2 atom stereocenters. The van der Waals surface area contributed by atoms with Crippen LogP contribution >= 0.6 is 11.6 Å². The van der Waals surface area contributed by atoms with E-state index in [1.54, 1.807) is 4.90 Å². The topological polar surface area (TPSA) is 38.1 Å². The molecule has 1 fully saturated rings. The minimum absolute atomic E-state index is 0.0503. The molecule has 0 spiro atoms. The van der Waals surface area contributed by atoms with Gasteiger partial charge in [-0.3, -0.25) is 9.48 Å². The van der Waals surface area contributed by atoms with Gasteiger partial charge in [0.25, 0.3) is 12.3 Å². The molecule has 1 aliphatic rings. The molecule has 4 nitrogen and oxygen atoms in total. The molecule has 1 aromatic heterocycles. The zero-order valence-corrected chi connectivity index (χ0v) is 15.8. The minimum Gasteiger partial charge on any atom is -0.329 e. The molecule has 7 heteroatoms. The van der Waals surface area contributed by atoms with Crippen molar-refractivity contribution in [1.29, 1.82) is 0 Å². The van der Waals surface area contributed by atoms with Crippen molar-refractivity contribution >= 4 is 17.5 Å².